The molecule has 0 aliphatic heterocycles. The van der Waals surface area contributed by atoms with Crippen molar-refractivity contribution in [2.24, 2.45) is 0 Å². The van der Waals surface area contributed by atoms with Crippen LogP contribution < -0.4 is 14.4 Å². The molecule has 174 valence electrons. The number of sulfonamides is 1. The molecular formula is C24H24ClFN2O4S. The van der Waals surface area contributed by atoms with Crippen LogP contribution in [0.1, 0.15) is 11.1 Å². The van der Waals surface area contributed by atoms with Crippen LogP contribution in [0.25, 0.3) is 0 Å². The summed E-state index contributed by atoms with van der Waals surface area (Å²) in [7, 11) is -4.03. The Kier molecular flexibility index (Phi) is 7.94. The number of aryl methyl sites for hydroxylation is 2. The van der Waals surface area contributed by atoms with Crippen molar-refractivity contribution in [2.45, 2.75) is 18.7 Å². The molecule has 9 heteroatoms. The van der Waals surface area contributed by atoms with Crippen LogP contribution in [0.4, 0.5) is 10.1 Å². The number of nitrogens with one attached hydrogen (secondary N) is 1. The highest BCUT2D eigenvalue weighted by molar-refractivity contribution is 7.92. The van der Waals surface area contributed by atoms with Gasteiger partial charge in [-0.1, -0.05) is 17.7 Å². The molecule has 0 saturated heterocycles. The molecule has 3 aromatic rings. The third-order valence-corrected chi connectivity index (χ3v) is 7.01. The van der Waals surface area contributed by atoms with Crippen LogP contribution in [0.15, 0.2) is 71.6 Å². The average molecular weight is 491 g/mol. The summed E-state index contributed by atoms with van der Waals surface area (Å²) in [5.41, 5.74) is 2.28. The topological polar surface area (TPSA) is 75.7 Å². The van der Waals surface area contributed by atoms with E-state index in [9.17, 15) is 17.6 Å². The molecule has 0 aromatic heterocycles. The molecule has 0 aliphatic rings. The summed E-state index contributed by atoms with van der Waals surface area (Å²) in [5, 5.41) is 3.07. The SMILES string of the molecule is Cc1ccc(N(CC(=O)NCCOc2ccc(F)cc2)S(=O)(=O)c2ccc(Cl)cc2)cc1C. The van der Waals surface area contributed by atoms with Gasteiger partial charge >= 0.3 is 0 Å². The van der Waals surface area contributed by atoms with Crippen molar-refractivity contribution in [2.75, 3.05) is 24.0 Å². The highest BCUT2D eigenvalue weighted by Gasteiger charge is 2.27. The molecule has 3 rings (SSSR count). The Morgan fingerprint density at radius 3 is 2.30 bits per heavy atom. The van der Waals surface area contributed by atoms with Gasteiger partial charge in [0.2, 0.25) is 5.91 Å². The zero-order chi connectivity index (χ0) is 24.0. The Balaban J connectivity index is 1.73. The van der Waals surface area contributed by atoms with Crippen molar-refractivity contribution in [3.63, 3.8) is 0 Å². The molecule has 0 atom stereocenters. The van der Waals surface area contributed by atoms with Crippen LogP contribution in [0.3, 0.4) is 0 Å². The van der Waals surface area contributed by atoms with E-state index in [-0.39, 0.29) is 23.9 Å². The maximum absolute atomic E-state index is 13.4. The fraction of sp³-hybridized carbons (Fsp3) is 0.208. The van der Waals surface area contributed by atoms with Gasteiger partial charge in [-0.05, 0) is 85.6 Å². The van der Waals surface area contributed by atoms with E-state index in [4.69, 9.17) is 16.3 Å². The molecule has 0 saturated carbocycles. The lowest BCUT2D eigenvalue weighted by Crippen LogP contribution is -2.42. The summed E-state index contributed by atoms with van der Waals surface area (Å²) >= 11 is 5.90. The van der Waals surface area contributed by atoms with Crippen molar-refractivity contribution >= 4 is 33.2 Å². The third kappa shape index (κ3) is 6.46. The van der Waals surface area contributed by atoms with E-state index in [0.717, 1.165) is 15.4 Å². The number of rotatable bonds is 9. The Morgan fingerprint density at radius 2 is 1.67 bits per heavy atom. The molecule has 6 nitrogen and oxygen atoms in total. The minimum atomic E-state index is -4.03. The van der Waals surface area contributed by atoms with E-state index < -0.39 is 22.5 Å². The minimum absolute atomic E-state index is 0.0255. The van der Waals surface area contributed by atoms with Crippen LogP contribution in [0.2, 0.25) is 5.02 Å². The molecule has 0 aliphatic carbocycles. The maximum atomic E-state index is 13.4. The number of nitrogens with zero attached hydrogens (tertiary/aromatic N) is 1. The van der Waals surface area contributed by atoms with Crippen LogP contribution >= 0.6 is 11.6 Å². The number of halogens is 2. The Bertz CT molecular complexity index is 1220. The number of carbonyl (C=O) groups excluding carboxylic acids is 1. The van der Waals surface area contributed by atoms with Gasteiger partial charge in [0.05, 0.1) is 17.1 Å². The quantitative estimate of drug-likeness (QED) is 0.448. The maximum Gasteiger partial charge on any atom is 0.264 e. The van der Waals surface area contributed by atoms with Gasteiger partial charge in [-0.3, -0.25) is 9.10 Å². The number of anilines is 1. The largest absolute Gasteiger partial charge is 0.492 e. The fourth-order valence-corrected chi connectivity index (χ4v) is 4.54. The highest BCUT2D eigenvalue weighted by Crippen LogP contribution is 2.26. The second-order valence-corrected chi connectivity index (χ2v) is 9.69. The molecule has 0 spiro atoms. The van der Waals surface area contributed by atoms with Gasteiger partial charge in [0.1, 0.15) is 24.7 Å². The Labute approximate surface area is 198 Å². The lowest BCUT2D eigenvalue weighted by atomic mass is 10.1. The lowest BCUT2D eigenvalue weighted by molar-refractivity contribution is -0.119. The van der Waals surface area contributed by atoms with Crippen molar-refractivity contribution < 1.29 is 22.3 Å². The summed E-state index contributed by atoms with van der Waals surface area (Å²) in [6.07, 6.45) is 0. The molecular weight excluding hydrogens is 467 g/mol. The van der Waals surface area contributed by atoms with Crippen molar-refractivity contribution in [3.05, 3.63) is 88.7 Å². The van der Waals surface area contributed by atoms with Crippen LogP contribution in [-0.4, -0.2) is 34.0 Å². The molecule has 0 unspecified atom stereocenters. The summed E-state index contributed by atoms with van der Waals surface area (Å²) < 4.78 is 46.2. The fourth-order valence-electron chi connectivity index (χ4n) is 3.01. The first-order chi connectivity index (χ1) is 15.7. The van der Waals surface area contributed by atoms with Gasteiger partial charge in [-0.2, -0.15) is 0 Å². The van der Waals surface area contributed by atoms with E-state index in [1.165, 1.54) is 48.5 Å². The molecule has 0 heterocycles. The molecule has 0 bridgehead atoms. The van der Waals surface area contributed by atoms with Gasteiger partial charge in [-0.15, -0.1) is 0 Å². The number of hydrogen-bond acceptors (Lipinski definition) is 4. The average Bonchev–Trinajstić information content (AvgIpc) is 2.78. The lowest BCUT2D eigenvalue weighted by Gasteiger charge is -2.25. The normalized spacial score (nSPS) is 11.2. The number of benzene rings is 3. The molecule has 1 amide bonds. The predicted molar refractivity (Wildman–Crippen MR) is 127 cm³/mol. The smallest absolute Gasteiger partial charge is 0.264 e. The minimum Gasteiger partial charge on any atom is -0.492 e. The van der Waals surface area contributed by atoms with Crippen molar-refractivity contribution in [1.29, 1.82) is 0 Å². The number of carbonyl (C=O) groups is 1. The van der Waals surface area contributed by atoms with E-state index in [1.54, 1.807) is 12.1 Å². The van der Waals surface area contributed by atoms with Crippen LogP contribution in [-0.2, 0) is 14.8 Å². The molecule has 1 N–H and O–H groups in total. The Morgan fingerprint density at radius 1 is 1.00 bits per heavy atom. The monoisotopic (exact) mass is 490 g/mol. The van der Waals surface area contributed by atoms with Crippen LogP contribution in [0.5, 0.6) is 5.75 Å². The highest BCUT2D eigenvalue weighted by atomic mass is 35.5. The van der Waals surface area contributed by atoms with Gasteiger partial charge in [-0.25, -0.2) is 12.8 Å². The van der Waals surface area contributed by atoms with Crippen molar-refractivity contribution in [1.82, 2.24) is 5.32 Å². The van der Waals surface area contributed by atoms with Crippen molar-refractivity contribution in [3.8, 4) is 5.75 Å². The third-order valence-electron chi connectivity index (χ3n) is 4.97. The number of ether oxygens (including phenoxy) is 1. The second-order valence-electron chi connectivity index (χ2n) is 7.39. The van der Waals surface area contributed by atoms with E-state index in [1.807, 2.05) is 19.9 Å². The zero-order valence-corrected chi connectivity index (χ0v) is 19.8. The first-order valence-corrected chi connectivity index (χ1v) is 12.0. The van der Waals surface area contributed by atoms with E-state index >= 15 is 0 Å². The first kappa shape index (κ1) is 24.5. The summed E-state index contributed by atoms with van der Waals surface area (Å²) in [6.45, 7) is 3.68. The molecule has 0 fully saturated rings. The predicted octanol–water partition coefficient (Wildman–Crippen LogP) is 4.49. The molecule has 0 radical (unpaired) electrons. The van der Waals surface area contributed by atoms with Gasteiger partial charge in [0.25, 0.3) is 10.0 Å². The van der Waals surface area contributed by atoms with E-state index in [2.05, 4.69) is 5.32 Å². The standard InChI is InChI=1S/C24H24ClFN2O4S/c1-17-3-8-21(15-18(17)2)28(33(30,31)23-11-4-19(25)5-12-23)16-24(29)27-13-14-32-22-9-6-20(26)7-10-22/h3-12,15H,13-14,16H2,1-2H3,(H,27,29). The van der Waals surface area contributed by atoms with Gasteiger partial charge in [0.15, 0.2) is 0 Å². The zero-order valence-electron chi connectivity index (χ0n) is 18.2. The molecule has 3 aromatic carbocycles. The van der Waals surface area contributed by atoms with Gasteiger partial charge < -0.3 is 10.1 Å². The van der Waals surface area contributed by atoms with E-state index in [0.29, 0.717) is 16.5 Å². The van der Waals surface area contributed by atoms with Gasteiger partial charge in [0, 0.05) is 5.02 Å². The first-order valence-electron chi connectivity index (χ1n) is 10.2. The summed E-state index contributed by atoms with van der Waals surface area (Å²) in [6, 6.07) is 16.5. The Hall–Kier alpha value is -3.10. The molecule has 33 heavy (non-hydrogen) atoms. The second kappa shape index (κ2) is 10.7. The summed E-state index contributed by atoms with van der Waals surface area (Å²) in [4.78, 5) is 12.6. The number of amides is 1. The number of hydrogen-bond donors (Lipinski definition) is 1. The van der Waals surface area contributed by atoms with Crippen LogP contribution in [0, 0.1) is 19.7 Å². The summed E-state index contributed by atoms with van der Waals surface area (Å²) in [5.74, 6) is -0.398.